The average molecular weight is 370 g/mol. The summed E-state index contributed by atoms with van der Waals surface area (Å²) in [6.45, 7) is 3.92. The van der Waals surface area contributed by atoms with Gasteiger partial charge in [0.2, 0.25) is 0 Å². The SMILES string of the molecule is C[C@@H]1C[C@@H]1c1ccc(CN(C)C[C@@H](O)CO[C@H]2CCCc3ccccc32)o1. The molecule has 1 fully saturated rings. The van der Waals surface area contributed by atoms with Crippen molar-refractivity contribution in [2.75, 3.05) is 20.2 Å². The van der Waals surface area contributed by atoms with Gasteiger partial charge in [-0.25, -0.2) is 0 Å². The average Bonchev–Trinajstić information content (AvgIpc) is 3.21. The van der Waals surface area contributed by atoms with Crippen LogP contribution in [0.2, 0.25) is 0 Å². The van der Waals surface area contributed by atoms with Crippen LogP contribution in [0, 0.1) is 5.92 Å². The minimum atomic E-state index is -0.498. The Morgan fingerprint density at radius 3 is 2.89 bits per heavy atom. The van der Waals surface area contributed by atoms with Crippen molar-refractivity contribution in [3.63, 3.8) is 0 Å². The number of hydrogen-bond acceptors (Lipinski definition) is 4. The Hall–Kier alpha value is -1.62. The number of nitrogens with zero attached hydrogens (tertiary/aromatic N) is 1. The van der Waals surface area contributed by atoms with Gasteiger partial charge in [0.1, 0.15) is 11.5 Å². The van der Waals surface area contributed by atoms with Gasteiger partial charge < -0.3 is 14.3 Å². The summed E-state index contributed by atoms with van der Waals surface area (Å²) in [6.07, 6.45) is 4.17. The van der Waals surface area contributed by atoms with Crippen LogP contribution in [0.4, 0.5) is 0 Å². The number of hydrogen-bond donors (Lipinski definition) is 1. The molecule has 1 aromatic heterocycles. The molecule has 0 bridgehead atoms. The minimum absolute atomic E-state index is 0.114. The van der Waals surface area contributed by atoms with E-state index in [1.807, 2.05) is 7.05 Å². The molecule has 2 aromatic rings. The number of aliphatic hydroxyl groups excluding tert-OH is 1. The second-order valence-electron chi connectivity index (χ2n) is 8.39. The summed E-state index contributed by atoms with van der Waals surface area (Å²) in [6, 6.07) is 12.7. The number of furan rings is 1. The molecule has 1 saturated carbocycles. The van der Waals surface area contributed by atoms with Crippen molar-refractivity contribution >= 4 is 0 Å². The van der Waals surface area contributed by atoms with Crippen LogP contribution < -0.4 is 0 Å². The van der Waals surface area contributed by atoms with E-state index in [-0.39, 0.29) is 6.10 Å². The van der Waals surface area contributed by atoms with Crippen LogP contribution in [0.15, 0.2) is 40.8 Å². The lowest BCUT2D eigenvalue weighted by Crippen LogP contribution is -2.32. The quantitative estimate of drug-likeness (QED) is 0.754. The van der Waals surface area contributed by atoms with E-state index in [1.54, 1.807) is 0 Å². The van der Waals surface area contributed by atoms with E-state index in [9.17, 15) is 5.11 Å². The number of likely N-dealkylation sites (N-methyl/N-ethyl adjacent to an activating group) is 1. The van der Waals surface area contributed by atoms with Crippen molar-refractivity contribution in [3.8, 4) is 0 Å². The molecule has 0 unspecified atom stereocenters. The first-order valence-corrected chi connectivity index (χ1v) is 10.2. The van der Waals surface area contributed by atoms with Gasteiger partial charge in [-0.05, 0) is 61.9 Å². The molecule has 4 nitrogen and oxygen atoms in total. The Kier molecular flexibility index (Phi) is 5.67. The lowest BCUT2D eigenvalue weighted by atomic mass is 9.89. The van der Waals surface area contributed by atoms with E-state index in [4.69, 9.17) is 9.15 Å². The number of benzene rings is 1. The smallest absolute Gasteiger partial charge is 0.118 e. The molecule has 0 amide bonds. The van der Waals surface area contributed by atoms with Crippen molar-refractivity contribution in [2.45, 2.75) is 57.3 Å². The van der Waals surface area contributed by atoms with Gasteiger partial charge in [-0.2, -0.15) is 0 Å². The summed E-state index contributed by atoms with van der Waals surface area (Å²) in [4.78, 5) is 2.10. The Morgan fingerprint density at radius 1 is 1.26 bits per heavy atom. The van der Waals surface area contributed by atoms with Gasteiger partial charge >= 0.3 is 0 Å². The number of fused-ring (bicyclic) bond motifs is 1. The predicted octanol–water partition coefficient (Wildman–Crippen LogP) is 4.29. The second-order valence-corrected chi connectivity index (χ2v) is 8.39. The van der Waals surface area contributed by atoms with Crippen LogP contribution in [-0.2, 0) is 17.7 Å². The number of rotatable bonds is 8. The molecule has 0 aliphatic heterocycles. The highest BCUT2D eigenvalue weighted by Crippen LogP contribution is 2.47. The Balaban J connectivity index is 1.23. The van der Waals surface area contributed by atoms with E-state index in [2.05, 4.69) is 48.2 Å². The van der Waals surface area contributed by atoms with Crippen molar-refractivity contribution < 1.29 is 14.3 Å². The van der Waals surface area contributed by atoms with Crippen LogP contribution in [0.1, 0.15) is 60.9 Å². The molecule has 146 valence electrons. The summed E-state index contributed by atoms with van der Waals surface area (Å²) in [5.41, 5.74) is 2.68. The molecule has 1 aromatic carbocycles. The van der Waals surface area contributed by atoms with Gasteiger partial charge in [0.05, 0.1) is 25.4 Å². The third-order valence-corrected chi connectivity index (χ3v) is 5.91. The molecule has 4 heteroatoms. The molecular formula is C23H31NO3. The summed E-state index contributed by atoms with van der Waals surface area (Å²) in [5, 5.41) is 10.4. The van der Waals surface area contributed by atoms with Crippen LogP contribution in [-0.4, -0.2) is 36.3 Å². The van der Waals surface area contributed by atoms with Gasteiger partial charge in [0, 0.05) is 12.5 Å². The molecule has 1 N–H and O–H groups in total. The van der Waals surface area contributed by atoms with Crippen molar-refractivity contribution in [3.05, 3.63) is 59.0 Å². The van der Waals surface area contributed by atoms with Gasteiger partial charge in [0.15, 0.2) is 0 Å². The number of aliphatic hydroxyl groups is 1. The molecule has 1 heterocycles. The Bertz CT molecular complexity index is 756. The van der Waals surface area contributed by atoms with Crippen molar-refractivity contribution in [2.24, 2.45) is 5.92 Å². The zero-order valence-corrected chi connectivity index (χ0v) is 16.4. The van der Waals surface area contributed by atoms with E-state index in [1.165, 1.54) is 17.5 Å². The Labute approximate surface area is 162 Å². The number of ether oxygens (including phenoxy) is 1. The number of aryl methyl sites for hydroxylation is 1. The molecule has 2 aliphatic carbocycles. The summed E-state index contributed by atoms with van der Waals surface area (Å²) >= 11 is 0. The van der Waals surface area contributed by atoms with Gasteiger partial charge in [0.25, 0.3) is 0 Å². The van der Waals surface area contributed by atoms with E-state index in [0.717, 1.165) is 36.7 Å². The van der Waals surface area contributed by atoms with Gasteiger partial charge in [-0.3, -0.25) is 4.90 Å². The second kappa shape index (κ2) is 8.17. The highest BCUT2D eigenvalue weighted by Gasteiger charge is 2.36. The van der Waals surface area contributed by atoms with Gasteiger partial charge in [-0.1, -0.05) is 31.2 Å². The molecule has 2 aliphatic rings. The maximum Gasteiger partial charge on any atom is 0.118 e. The summed E-state index contributed by atoms with van der Waals surface area (Å²) in [5.74, 6) is 3.46. The summed E-state index contributed by atoms with van der Waals surface area (Å²) < 4.78 is 12.0. The fourth-order valence-electron chi connectivity index (χ4n) is 4.25. The van der Waals surface area contributed by atoms with Crippen molar-refractivity contribution in [1.82, 2.24) is 4.90 Å². The molecule has 4 rings (SSSR count). The third kappa shape index (κ3) is 4.63. The highest BCUT2D eigenvalue weighted by molar-refractivity contribution is 5.31. The fraction of sp³-hybridized carbons (Fsp3) is 0.565. The molecule has 0 saturated heterocycles. The third-order valence-electron chi connectivity index (χ3n) is 5.91. The molecule has 0 radical (unpaired) electrons. The van der Waals surface area contributed by atoms with Gasteiger partial charge in [-0.15, -0.1) is 0 Å². The first kappa shape index (κ1) is 18.7. The zero-order valence-electron chi connectivity index (χ0n) is 16.4. The predicted molar refractivity (Wildman–Crippen MR) is 106 cm³/mol. The Morgan fingerprint density at radius 2 is 2.07 bits per heavy atom. The van der Waals surface area contributed by atoms with Crippen LogP contribution in [0.25, 0.3) is 0 Å². The monoisotopic (exact) mass is 369 g/mol. The highest BCUT2D eigenvalue weighted by atomic mass is 16.5. The molecule has 0 spiro atoms. The lowest BCUT2D eigenvalue weighted by molar-refractivity contribution is -0.0270. The standard InChI is InChI=1S/C23H31NO3/c1-16-12-21(16)23-11-10-19(27-23)14-24(2)13-18(25)15-26-22-9-5-7-17-6-3-4-8-20(17)22/h3-4,6,8,10-11,16,18,21-22,25H,5,7,9,12-15H2,1-2H3/t16-,18-,21+,22+/m1/s1. The molecule has 27 heavy (non-hydrogen) atoms. The molecule has 4 atom stereocenters. The molecular weight excluding hydrogens is 338 g/mol. The maximum absolute atomic E-state index is 10.4. The van der Waals surface area contributed by atoms with Crippen molar-refractivity contribution in [1.29, 1.82) is 0 Å². The lowest BCUT2D eigenvalue weighted by Gasteiger charge is -2.27. The first-order chi connectivity index (χ1) is 13.1. The van der Waals surface area contributed by atoms with Crippen LogP contribution >= 0.6 is 0 Å². The summed E-state index contributed by atoms with van der Waals surface area (Å²) in [7, 11) is 2.01. The topological polar surface area (TPSA) is 45.8 Å². The minimum Gasteiger partial charge on any atom is -0.464 e. The van der Waals surface area contributed by atoms with E-state index < -0.39 is 6.10 Å². The zero-order chi connectivity index (χ0) is 18.8. The van der Waals surface area contributed by atoms with Crippen LogP contribution in [0.5, 0.6) is 0 Å². The van der Waals surface area contributed by atoms with E-state index in [0.29, 0.717) is 25.6 Å². The normalized spacial score (nSPS) is 25.4. The maximum atomic E-state index is 10.4. The van der Waals surface area contributed by atoms with Crippen LogP contribution in [0.3, 0.4) is 0 Å². The van der Waals surface area contributed by atoms with E-state index >= 15 is 0 Å². The largest absolute Gasteiger partial charge is 0.464 e. The first-order valence-electron chi connectivity index (χ1n) is 10.2. The fourth-order valence-corrected chi connectivity index (χ4v) is 4.25.